The van der Waals surface area contributed by atoms with Gasteiger partial charge in [-0.05, 0) is 43.4 Å². The van der Waals surface area contributed by atoms with Crippen LogP contribution in [0.1, 0.15) is 57.9 Å². The van der Waals surface area contributed by atoms with Crippen LogP contribution in [0.3, 0.4) is 0 Å². The van der Waals surface area contributed by atoms with Gasteiger partial charge in [0, 0.05) is 37.0 Å². The van der Waals surface area contributed by atoms with Crippen molar-refractivity contribution in [2.75, 3.05) is 19.8 Å². The third-order valence-corrected chi connectivity index (χ3v) is 9.45. The standard InChI is InChI=1S/C23H24FN5O3S/c24-14-22(5-6-22)33(32)23(7-8-23)15-28-9-10-29-18(21(28)31)13-26-19(29)20(30)27-12-17-3-1-16(11-25)2-4-17/h1-4,13H,5-10,12,14-15H2,(H,27,30). The maximum absolute atomic E-state index is 13.4. The molecule has 2 amide bonds. The molecule has 1 unspecified atom stereocenters. The van der Waals surface area contributed by atoms with E-state index in [4.69, 9.17) is 5.26 Å². The van der Waals surface area contributed by atoms with Crippen molar-refractivity contribution < 1.29 is 18.2 Å². The van der Waals surface area contributed by atoms with E-state index >= 15 is 0 Å². The highest BCUT2D eigenvalue weighted by Crippen LogP contribution is 2.54. The zero-order valence-corrected chi connectivity index (χ0v) is 18.9. The highest BCUT2D eigenvalue weighted by molar-refractivity contribution is 7.88. The second-order valence-corrected chi connectivity index (χ2v) is 11.4. The van der Waals surface area contributed by atoms with Crippen LogP contribution in [0.4, 0.5) is 4.39 Å². The van der Waals surface area contributed by atoms with E-state index in [0.29, 0.717) is 43.7 Å². The predicted molar refractivity (Wildman–Crippen MR) is 119 cm³/mol. The second kappa shape index (κ2) is 8.06. The van der Waals surface area contributed by atoms with E-state index in [0.717, 1.165) is 18.4 Å². The van der Waals surface area contributed by atoms with Crippen LogP contribution in [-0.4, -0.2) is 59.7 Å². The summed E-state index contributed by atoms with van der Waals surface area (Å²) < 4.78 is 26.9. The molecule has 0 bridgehead atoms. The van der Waals surface area contributed by atoms with E-state index in [1.807, 2.05) is 0 Å². The van der Waals surface area contributed by atoms with Crippen molar-refractivity contribution >= 4 is 22.6 Å². The molecule has 2 saturated carbocycles. The summed E-state index contributed by atoms with van der Waals surface area (Å²) in [5.41, 5.74) is 1.72. The summed E-state index contributed by atoms with van der Waals surface area (Å²) >= 11 is 0. The SMILES string of the molecule is N#Cc1ccc(CNC(=O)c2ncc3n2CCN(CC2(S(=O)C4(CF)CC4)CC2)C3=O)cc1. The molecule has 2 fully saturated rings. The van der Waals surface area contributed by atoms with Crippen LogP contribution in [0.25, 0.3) is 0 Å². The number of benzene rings is 1. The molecule has 172 valence electrons. The summed E-state index contributed by atoms with van der Waals surface area (Å²) in [4.78, 5) is 31.6. The van der Waals surface area contributed by atoms with Crippen molar-refractivity contribution in [1.29, 1.82) is 5.26 Å². The Morgan fingerprint density at radius 2 is 1.88 bits per heavy atom. The molecule has 10 heteroatoms. The van der Waals surface area contributed by atoms with E-state index in [1.165, 1.54) is 6.20 Å². The van der Waals surface area contributed by atoms with Crippen LogP contribution in [0.2, 0.25) is 0 Å². The lowest BCUT2D eigenvalue weighted by Crippen LogP contribution is -2.48. The Morgan fingerprint density at radius 1 is 1.18 bits per heavy atom. The number of nitrogens with one attached hydrogen (secondary N) is 1. The number of hydrogen-bond donors (Lipinski definition) is 1. The summed E-state index contributed by atoms with van der Waals surface area (Å²) in [6.45, 7) is 0.864. The Hall–Kier alpha value is -3.06. The number of halogens is 1. The van der Waals surface area contributed by atoms with Gasteiger partial charge < -0.3 is 14.8 Å². The summed E-state index contributed by atoms with van der Waals surface area (Å²) in [6, 6.07) is 8.96. The van der Waals surface area contributed by atoms with Gasteiger partial charge in [-0.1, -0.05) is 12.1 Å². The number of carbonyl (C=O) groups excluding carboxylic acids is 2. The van der Waals surface area contributed by atoms with E-state index in [9.17, 15) is 18.2 Å². The topological polar surface area (TPSA) is 108 Å². The minimum Gasteiger partial charge on any atom is -0.345 e. The molecule has 1 atom stereocenters. The van der Waals surface area contributed by atoms with Crippen molar-refractivity contribution in [3.05, 3.63) is 53.1 Å². The molecule has 1 aromatic heterocycles. The fourth-order valence-electron chi connectivity index (χ4n) is 4.40. The summed E-state index contributed by atoms with van der Waals surface area (Å²) in [5.74, 6) is -0.454. The normalized spacial score (nSPS) is 20.5. The van der Waals surface area contributed by atoms with Gasteiger partial charge in [0.2, 0.25) is 0 Å². The fraction of sp³-hybridized carbons (Fsp3) is 0.478. The lowest BCUT2D eigenvalue weighted by atomic mass is 10.1. The second-order valence-electron chi connectivity index (χ2n) is 9.11. The summed E-state index contributed by atoms with van der Waals surface area (Å²) in [7, 11) is -1.29. The molecule has 33 heavy (non-hydrogen) atoms. The van der Waals surface area contributed by atoms with Gasteiger partial charge in [-0.2, -0.15) is 5.26 Å². The molecule has 0 radical (unpaired) electrons. The highest BCUT2D eigenvalue weighted by Gasteiger charge is 2.62. The number of alkyl halides is 1. The average Bonchev–Trinajstić information content (AvgIpc) is 3.76. The zero-order chi connectivity index (χ0) is 23.2. The zero-order valence-electron chi connectivity index (χ0n) is 18.1. The van der Waals surface area contributed by atoms with Gasteiger partial charge in [0.25, 0.3) is 11.8 Å². The molecular formula is C23H24FN5O3S. The quantitative estimate of drug-likeness (QED) is 0.636. The Bertz CT molecular complexity index is 1180. The number of amides is 2. The minimum absolute atomic E-state index is 0.172. The van der Waals surface area contributed by atoms with Crippen LogP contribution < -0.4 is 5.32 Å². The Morgan fingerprint density at radius 3 is 2.48 bits per heavy atom. The largest absolute Gasteiger partial charge is 0.345 e. The first-order valence-electron chi connectivity index (χ1n) is 11.0. The maximum Gasteiger partial charge on any atom is 0.287 e. The van der Waals surface area contributed by atoms with E-state index in [1.54, 1.807) is 33.7 Å². The van der Waals surface area contributed by atoms with Crippen molar-refractivity contribution in [2.45, 2.75) is 48.3 Å². The third kappa shape index (κ3) is 3.84. The smallest absolute Gasteiger partial charge is 0.287 e. The van der Waals surface area contributed by atoms with E-state index in [-0.39, 0.29) is 24.2 Å². The molecule has 2 heterocycles. The van der Waals surface area contributed by atoms with Crippen molar-refractivity contribution in [1.82, 2.24) is 19.8 Å². The van der Waals surface area contributed by atoms with Crippen molar-refractivity contribution in [3.63, 3.8) is 0 Å². The molecular weight excluding hydrogens is 445 g/mol. The first-order valence-corrected chi connectivity index (χ1v) is 12.2. The number of nitriles is 1. The van der Waals surface area contributed by atoms with Crippen LogP contribution >= 0.6 is 0 Å². The lowest BCUT2D eigenvalue weighted by Gasteiger charge is -2.32. The van der Waals surface area contributed by atoms with Gasteiger partial charge in [0.1, 0.15) is 12.4 Å². The van der Waals surface area contributed by atoms with Gasteiger partial charge in [0.05, 0.1) is 27.3 Å². The van der Waals surface area contributed by atoms with E-state index in [2.05, 4.69) is 16.4 Å². The number of rotatable bonds is 8. The highest BCUT2D eigenvalue weighted by atomic mass is 32.2. The molecule has 3 aliphatic rings. The van der Waals surface area contributed by atoms with Gasteiger partial charge in [-0.3, -0.25) is 13.8 Å². The maximum atomic E-state index is 13.4. The molecule has 1 aromatic carbocycles. The molecule has 0 spiro atoms. The van der Waals surface area contributed by atoms with Gasteiger partial charge in [-0.25, -0.2) is 9.37 Å². The van der Waals surface area contributed by atoms with Crippen LogP contribution in [0.15, 0.2) is 30.5 Å². The van der Waals surface area contributed by atoms with Crippen LogP contribution in [0.5, 0.6) is 0 Å². The van der Waals surface area contributed by atoms with Crippen molar-refractivity contribution in [3.8, 4) is 6.07 Å². The number of aromatic nitrogens is 2. The van der Waals surface area contributed by atoms with Gasteiger partial charge >= 0.3 is 0 Å². The van der Waals surface area contributed by atoms with E-state index < -0.39 is 27.0 Å². The first kappa shape index (κ1) is 21.8. The number of imidazole rings is 1. The fourth-order valence-corrected chi connectivity index (χ4v) is 6.64. The lowest BCUT2D eigenvalue weighted by molar-refractivity contribution is 0.0698. The third-order valence-electron chi connectivity index (χ3n) is 6.82. The van der Waals surface area contributed by atoms with Gasteiger partial charge in [-0.15, -0.1) is 0 Å². The molecule has 1 aliphatic heterocycles. The Labute approximate surface area is 193 Å². The Kier molecular flexibility index (Phi) is 5.32. The molecule has 2 aromatic rings. The predicted octanol–water partition coefficient (Wildman–Crippen LogP) is 1.92. The molecule has 5 rings (SSSR count). The molecule has 2 aliphatic carbocycles. The van der Waals surface area contributed by atoms with Gasteiger partial charge in [0.15, 0.2) is 5.82 Å². The Balaban J connectivity index is 1.24. The number of hydrogen-bond acceptors (Lipinski definition) is 5. The minimum atomic E-state index is -1.29. The number of fused-ring (bicyclic) bond motifs is 1. The van der Waals surface area contributed by atoms with Crippen LogP contribution in [0, 0.1) is 11.3 Å². The molecule has 1 N–H and O–H groups in total. The first-order chi connectivity index (χ1) is 15.9. The molecule has 8 nitrogen and oxygen atoms in total. The number of nitrogens with zero attached hydrogens (tertiary/aromatic N) is 4. The van der Waals surface area contributed by atoms with Crippen molar-refractivity contribution in [2.24, 2.45) is 0 Å². The monoisotopic (exact) mass is 469 g/mol. The molecule has 0 saturated heterocycles. The average molecular weight is 470 g/mol. The number of carbonyl (C=O) groups is 2. The van der Waals surface area contributed by atoms with Crippen LogP contribution in [-0.2, 0) is 23.9 Å². The summed E-state index contributed by atoms with van der Waals surface area (Å²) in [6.07, 6.45) is 4.20. The summed E-state index contributed by atoms with van der Waals surface area (Å²) in [5, 5.41) is 11.7.